The van der Waals surface area contributed by atoms with Crippen LogP contribution in [-0.2, 0) is 21.6 Å². The van der Waals surface area contributed by atoms with Crippen LogP contribution in [0, 0.1) is 0 Å². The first kappa shape index (κ1) is 12.0. The van der Waals surface area contributed by atoms with E-state index in [-0.39, 0.29) is 22.6 Å². The molecule has 0 aliphatic rings. The summed E-state index contributed by atoms with van der Waals surface area (Å²) in [6.07, 6.45) is 0.0341. The van der Waals surface area contributed by atoms with Crippen LogP contribution in [0.4, 0.5) is 0 Å². The minimum absolute atomic E-state index is 0.0341. The number of rotatable bonds is 4. The molecule has 1 aromatic carbocycles. The Morgan fingerprint density at radius 3 is 2.53 bits per heavy atom. The lowest BCUT2D eigenvalue weighted by Gasteiger charge is -2.09. The maximum absolute atomic E-state index is 11.1. The monoisotopic (exact) mass is 231 g/mol. The molecule has 83 valence electrons. The molecule has 0 atom stereocenters. The molecule has 0 aliphatic heterocycles. The van der Waals surface area contributed by atoms with E-state index in [9.17, 15) is 13.5 Å². The van der Waals surface area contributed by atoms with Crippen LogP contribution in [0.25, 0.3) is 0 Å². The number of hydrogen-bond acceptors (Lipinski definition) is 3. The van der Waals surface area contributed by atoms with E-state index < -0.39 is 16.7 Å². The summed E-state index contributed by atoms with van der Waals surface area (Å²) in [5.41, 5.74) is 0.270. The molecular formula is C9H11O5S. The summed E-state index contributed by atoms with van der Waals surface area (Å²) >= 11 is 0. The minimum atomic E-state index is -4.36. The number of hydrogen-bond donors (Lipinski definition) is 1. The van der Waals surface area contributed by atoms with E-state index >= 15 is 0 Å². The lowest BCUT2D eigenvalue weighted by atomic mass is 10.1. The Bertz CT molecular complexity index is 438. The summed E-state index contributed by atoms with van der Waals surface area (Å²) in [5.74, 6) is 0.0449. The highest BCUT2D eigenvalue weighted by Crippen LogP contribution is 2.27. The first-order valence-corrected chi connectivity index (χ1v) is 5.66. The molecule has 0 saturated heterocycles. The van der Waals surface area contributed by atoms with Gasteiger partial charge in [-0.25, -0.2) is 5.11 Å². The van der Waals surface area contributed by atoms with E-state index in [4.69, 9.17) is 9.29 Å². The van der Waals surface area contributed by atoms with Crippen LogP contribution in [0.2, 0.25) is 0 Å². The van der Waals surface area contributed by atoms with Gasteiger partial charge in [0.1, 0.15) is 10.6 Å². The molecule has 5 nitrogen and oxygen atoms in total. The second kappa shape index (κ2) is 4.61. The van der Waals surface area contributed by atoms with Crippen molar-refractivity contribution in [2.45, 2.75) is 11.3 Å². The van der Waals surface area contributed by atoms with E-state index in [1.165, 1.54) is 19.2 Å². The molecule has 0 fully saturated rings. The van der Waals surface area contributed by atoms with Gasteiger partial charge in [-0.15, -0.1) is 0 Å². The zero-order valence-electron chi connectivity index (χ0n) is 8.13. The largest absolute Gasteiger partial charge is 0.495 e. The molecule has 0 aromatic heterocycles. The van der Waals surface area contributed by atoms with Crippen LogP contribution in [0.1, 0.15) is 5.56 Å². The highest BCUT2D eigenvalue weighted by Gasteiger charge is 2.20. The maximum Gasteiger partial charge on any atom is 0.298 e. The predicted octanol–water partition coefficient (Wildman–Crippen LogP) is 0.915. The molecule has 1 aromatic rings. The Morgan fingerprint density at radius 1 is 1.40 bits per heavy atom. The Labute approximate surface area is 88.1 Å². The zero-order chi connectivity index (χ0) is 11.5. The van der Waals surface area contributed by atoms with Crippen molar-refractivity contribution in [3.05, 3.63) is 23.8 Å². The van der Waals surface area contributed by atoms with Crippen molar-refractivity contribution < 1.29 is 22.8 Å². The van der Waals surface area contributed by atoms with Gasteiger partial charge in [0.15, 0.2) is 0 Å². The van der Waals surface area contributed by atoms with Crippen LogP contribution in [-0.4, -0.2) is 26.7 Å². The van der Waals surface area contributed by atoms with E-state index in [0.29, 0.717) is 0 Å². The predicted molar refractivity (Wildman–Crippen MR) is 52.1 cm³/mol. The van der Waals surface area contributed by atoms with Crippen molar-refractivity contribution in [3.8, 4) is 5.75 Å². The van der Waals surface area contributed by atoms with Crippen LogP contribution < -0.4 is 4.74 Å². The molecule has 0 unspecified atom stereocenters. The molecule has 0 spiro atoms. The van der Waals surface area contributed by atoms with Crippen molar-refractivity contribution in [2.24, 2.45) is 0 Å². The van der Waals surface area contributed by atoms with E-state index in [1.54, 1.807) is 6.07 Å². The lowest BCUT2D eigenvalue weighted by molar-refractivity contribution is 0.196. The Balaban J connectivity index is 3.41. The van der Waals surface area contributed by atoms with Gasteiger partial charge in [0.25, 0.3) is 10.1 Å². The standard InChI is InChI=1S/C9H11O5S/c1-14-8-4-2-3-7(5-6-10)9(8)15(11,12)13/h2-4H,5-6H2,1H3,(H,11,12,13). The van der Waals surface area contributed by atoms with Gasteiger partial charge in [0, 0.05) is 6.42 Å². The average Bonchev–Trinajstić information content (AvgIpc) is 2.16. The highest BCUT2D eigenvalue weighted by molar-refractivity contribution is 7.86. The SMILES string of the molecule is COc1cccc(CC[O])c1S(=O)(=O)O. The third kappa shape index (κ3) is 2.68. The third-order valence-corrected chi connectivity index (χ3v) is 2.89. The van der Waals surface area contributed by atoms with Gasteiger partial charge in [-0.1, -0.05) is 12.1 Å². The molecule has 0 saturated carbocycles. The van der Waals surface area contributed by atoms with Crippen LogP contribution in [0.3, 0.4) is 0 Å². The number of methoxy groups -OCH3 is 1. The lowest BCUT2D eigenvalue weighted by Crippen LogP contribution is -2.06. The van der Waals surface area contributed by atoms with Crippen molar-refractivity contribution in [1.82, 2.24) is 0 Å². The van der Waals surface area contributed by atoms with E-state index in [0.717, 1.165) is 0 Å². The van der Waals surface area contributed by atoms with Gasteiger partial charge in [0.05, 0.1) is 13.7 Å². The van der Waals surface area contributed by atoms with Gasteiger partial charge in [-0.05, 0) is 11.6 Å². The van der Waals surface area contributed by atoms with Crippen molar-refractivity contribution in [2.75, 3.05) is 13.7 Å². The van der Waals surface area contributed by atoms with Crippen molar-refractivity contribution in [1.29, 1.82) is 0 Å². The van der Waals surface area contributed by atoms with Crippen LogP contribution in [0.5, 0.6) is 5.75 Å². The van der Waals surface area contributed by atoms with Gasteiger partial charge in [-0.2, -0.15) is 8.42 Å². The Hall–Kier alpha value is -1.11. The molecule has 15 heavy (non-hydrogen) atoms. The second-order valence-electron chi connectivity index (χ2n) is 2.88. The normalized spacial score (nSPS) is 11.4. The smallest absolute Gasteiger partial charge is 0.298 e. The molecule has 1 radical (unpaired) electrons. The van der Waals surface area contributed by atoms with Crippen molar-refractivity contribution >= 4 is 10.1 Å². The molecule has 0 amide bonds. The fourth-order valence-electron chi connectivity index (χ4n) is 1.32. The quantitative estimate of drug-likeness (QED) is 0.781. The molecule has 0 bridgehead atoms. The first-order chi connectivity index (χ1) is 7.00. The average molecular weight is 231 g/mol. The van der Waals surface area contributed by atoms with Gasteiger partial charge >= 0.3 is 0 Å². The van der Waals surface area contributed by atoms with Crippen LogP contribution >= 0.6 is 0 Å². The van der Waals surface area contributed by atoms with Gasteiger partial charge in [-0.3, -0.25) is 4.55 Å². The number of benzene rings is 1. The maximum atomic E-state index is 11.1. The third-order valence-electron chi connectivity index (χ3n) is 1.91. The number of ether oxygens (including phenoxy) is 1. The topological polar surface area (TPSA) is 83.5 Å². The molecular weight excluding hydrogens is 220 g/mol. The minimum Gasteiger partial charge on any atom is -0.495 e. The van der Waals surface area contributed by atoms with Gasteiger partial charge < -0.3 is 4.74 Å². The summed E-state index contributed by atoms with van der Waals surface area (Å²) in [6, 6.07) is 4.46. The van der Waals surface area contributed by atoms with Crippen LogP contribution in [0.15, 0.2) is 23.1 Å². The van der Waals surface area contributed by atoms with Crippen molar-refractivity contribution in [3.63, 3.8) is 0 Å². The summed E-state index contributed by atoms with van der Waals surface area (Å²) in [7, 11) is -3.07. The fourth-order valence-corrected chi connectivity index (χ4v) is 2.23. The van der Waals surface area contributed by atoms with E-state index in [2.05, 4.69) is 0 Å². The Kier molecular flexibility index (Phi) is 3.67. The summed E-state index contributed by atoms with van der Waals surface area (Å²) in [6.45, 7) is -0.449. The molecule has 1 rings (SSSR count). The van der Waals surface area contributed by atoms with E-state index in [1.807, 2.05) is 0 Å². The summed E-state index contributed by atoms with van der Waals surface area (Å²) < 4.78 is 36.0. The summed E-state index contributed by atoms with van der Waals surface area (Å²) in [5, 5.41) is 10.5. The zero-order valence-corrected chi connectivity index (χ0v) is 8.95. The summed E-state index contributed by atoms with van der Waals surface area (Å²) in [4.78, 5) is -0.316. The fraction of sp³-hybridized carbons (Fsp3) is 0.333. The first-order valence-electron chi connectivity index (χ1n) is 4.22. The molecule has 1 N–H and O–H groups in total. The van der Waals surface area contributed by atoms with Gasteiger partial charge in [0.2, 0.25) is 0 Å². The molecule has 0 heterocycles. The molecule has 0 aliphatic carbocycles. The highest BCUT2D eigenvalue weighted by atomic mass is 32.2. The Morgan fingerprint density at radius 2 is 2.07 bits per heavy atom. The second-order valence-corrected chi connectivity index (χ2v) is 4.24. The molecule has 6 heteroatoms.